The first-order chi connectivity index (χ1) is 5.13. The van der Waals surface area contributed by atoms with Gasteiger partial charge in [0.15, 0.2) is 0 Å². The van der Waals surface area contributed by atoms with Crippen LogP contribution in [0, 0.1) is 5.41 Å². The van der Waals surface area contributed by atoms with Gasteiger partial charge in [0.25, 0.3) is 0 Å². The lowest BCUT2D eigenvalue weighted by molar-refractivity contribution is -0.127. The van der Waals surface area contributed by atoms with Crippen molar-refractivity contribution in [3.05, 3.63) is 0 Å². The van der Waals surface area contributed by atoms with E-state index in [2.05, 4.69) is 5.32 Å². The molecule has 0 radical (unpaired) electrons. The first-order valence-corrected chi connectivity index (χ1v) is 3.93. The molecule has 0 spiro atoms. The Balaban J connectivity index is 3.80. The van der Waals surface area contributed by atoms with Gasteiger partial charge in [-0.3, -0.25) is 0 Å². The summed E-state index contributed by atoms with van der Waals surface area (Å²) < 4.78 is 35.2. The van der Waals surface area contributed by atoms with Crippen LogP contribution >= 0.6 is 0 Å². The smallest absolute Gasteiger partial charge is 0.306 e. The molecule has 0 saturated heterocycles. The molecular weight excluding hydrogens is 167 g/mol. The number of hydrogen-bond acceptors (Lipinski definition) is 1. The van der Waals surface area contributed by atoms with Gasteiger partial charge in [0, 0.05) is 6.04 Å². The zero-order chi connectivity index (χ0) is 9.99. The van der Waals surface area contributed by atoms with Gasteiger partial charge < -0.3 is 5.32 Å². The third-order valence-electron chi connectivity index (χ3n) is 1.91. The van der Waals surface area contributed by atoms with E-state index in [0.717, 1.165) is 0 Å². The van der Waals surface area contributed by atoms with Crippen LogP contribution in [0.15, 0.2) is 0 Å². The molecule has 0 aliphatic heterocycles. The Morgan fingerprint density at radius 1 is 1.17 bits per heavy atom. The highest BCUT2D eigenvalue weighted by molar-refractivity contribution is 4.76. The fourth-order valence-corrected chi connectivity index (χ4v) is 0.575. The zero-order valence-corrected chi connectivity index (χ0v) is 7.92. The van der Waals surface area contributed by atoms with Crippen LogP contribution in [0.3, 0.4) is 0 Å². The maximum Gasteiger partial charge on any atom is 0.401 e. The molecule has 0 amide bonds. The van der Waals surface area contributed by atoms with Gasteiger partial charge in [-0.05, 0) is 12.3 Å². The Bertz CT molecular complexity index is 134. The Morgan fingerprint density at radius 2 is 1.58 bits per heavy atom. The van der Waals surface area contributed by atoms with Crippen LogP contribution in [0.2, 0.25) is 0 Å². The number of hydrogen-bond donors (Lipinski definition) is 1. The highest BCUT2D eigenvalue weighted by Crippen LogP contribution is 2.20. The van der Waals surface area contributed by atoms with E-state index in [4.69, 9.17) is 0 Å². The standard InChI is InChI=1S/C8H16F3N/c1-6(7(2,3)4)12-5-8(9,10)11/h6,12H,5H2,1-4H3. The summed E-state index contributed by atoms with van der Waals surface area (Å²) in [5.41, 5.74) is -0.134. The van der Waals surface area contributed by atoms with Gasteiger partial charge in [0.1, 0.15) is 0 Å². The van der Waals surface area contributed by atoms with E-state index in [-0.39, 0.29) is 11.5 Å². The fraction of sp³-hybridized carbons (Fsp3) is 1.00. The molecule has 0 fully saturated rings. The van der Waals surface area contributed by atoms with E-state index >= 15 is 0 Å². The van der Waals surface area contributed by atoms with Crippen LogP contribution in [0.1, 0.15) is 27.7 Å². The van der Waals surface area contributed by atoms with Crippen LogP contribution in [-0.4, -0.2) is 18.8 Å². The lowest BCUT2D eigenvalue weighted by Crippen LogP contribution is -2.42. The maximum absolute atomic E-state index is 11.7. The van der Waals surface area contributed by atoms with E-state index in [0.29, 0.717) is 0 Å². The molecule has 1 unspecified atom stereocenters. The molecule has 0 aromatic carbocycles. The number of rotatable bonds is 2. The van der Waals surface area contributed by atoms with Gasteiger partial charge in [-0.25, -0.2) is 0 Å². The highest BCUT2D eigenvalue weighted by Gasteiger charge is 2.29. The quantitative estimate of drug-likeness (QED) is 0.693. The fourth-order valence-electron chi connectivity index (χ4n) is 0.575. The van der Waals surface area contributed by atoms with Crippen molar-refractivity contribution in [1.82, 2.24) is 5.32 Å². The molecule has 1 N–H and O–H groups in total. The molecule has 0 saturated carbocycles. The van der Waals surface area contributed by atoms with Crippen LogP contribution in [-0.2, 0) is 0 Å². The molecule has 4 heteroatoms. The summed E-state index contributed by atoms with van der Waals surface area (Å²) in [6.45, 7) is 6.56. The maximum atomic E-state index is 11.7. The van der Waals surface area contributed by atoms with Gasteiger partial charge in [0.2, 0.25) is 0 Å². The molecule has 0 heterocycles. The van der Waals surface area contributed by atoms with Crippen molar-refractivity contribution in [3.63, 3.8) is 0 Å². The summed E-state index contributed by atoms with van der Waals surface area (Å²) in [6.07, 6.45) is -4.11. The van der Waals surface area contributed by atoms with Crippen LogP contribution in [0.4, 0.5) is 13.2 Å². The second-order valence-electron chi connectivity index (χ2n) is 4.08. The molecule has 1 nitrogen and oxygen atoms in total. The van der Waals surface area contributed by atoms with Crippen LogP contribution < -0.4 is 5.32 Å². The Morgan fingerprint density at radius 3 is 1.83 bits per heavy atom. The summed E-state index contributed by atoms with van der Waals surface area (Å²) in [4.78, 5) is 0. The first kappa shape index (κ1) is 11.8. The molecule has 0 aliphatic carbocycles. The zero-order valence-electron chi connectivity index (χ0n) is 7.92. The summed E-state index contributed by atoms with van der Waals surface area (Å²) in [5, 5.41) is 2.44. The molecule has 0 aromatic rings. The molecule has 1 atom stereocenters. The Kier molecular flexibility index (Phi) is 3.57. The van der Waals surface area contributed by atoms with E-state index in [1.54, 1.807) is 6.92 Å². The topological polar surface area (TPSA) is 12.0 Å². The molecule has 0 bridgehead atoms. The SMILES string of the molecule is CC(NCC(F)(F)F)C(C)(C)C. The van der Waals surface area contributed by atoms with Crippen molar-refractivity contribution in [3.8, 4) is 0 Å². The van der Waals surface area contributed by atoms with Crippen LogP contribution in [0.5, 0.6) is 0 Å². The molecule has 0 rings (SSSR count). The minimum atomic E-state index is -4.11. The van der Waals surface area contributed by atoms with Gasteiger partial charge >= 0.3 is 6.18 Å². The van der Waals surface area contributed by atoms with Gasteiger partial charge in [-0.1, -0.05) is 20.8 Å². The number of halogens is 3. The van der Waals surface area contributed by atoms with Crippen molar-refractivity contribution in [2.45, 2.75) is 39.9 Å². The lowest BCUT2D eigenvalue weighted by Gasteiger charge is -2.28. The average molecular weight is 183 g/mol. The highest BCUT2D eigenvalue weighted by atomic mass is 19.4. The lowest BCUT2D eigenvalue weighted by atomic mass is 9.88. The Hall–Kier alpha value is -0.250. The van der Waals surface area contributed by atoms with E-state index in [1.165, 1.54) is 0 Å². The van der Waals surface area contributed by atoms with Crippen molar-refractivity contribution in [2.24, 2.45) is 5.41 Å². The van der Waals surface area contributed by atoms with Gasteiger partial charge in [-0.15, -0.1) is 0 Å². The molecule has 0 aliphatic rings. The van der Waals surface area contributed by atoms with E-state index in [1.807, 2.05) is 20.8 Å². The van der Waals surface area contributed by atoms with E-state index in [9.17, 15) is 13.2 Å². The monoisotopic (exact) mass is 183 g/mol. The van der Waals surface area contributed by atoms with E-state index < -0.39 is 12.7 Å². The normalized spacial score (nSPS) is 16.2. The summed E-state index contributed by atoms with van der Waals surface area (Å²) in [7, 11) is 0. The molecule has 0 aromatic heterocycles. The minimum Gasteiger partial charge on any atom is -0.306 e. The summed E-state index contributed by atoms with van der Waals surface area (Å²) in [6, 6.07) is -0.140. The van der Waals surface area contributed by atoms with Crippen LogP contribution in [0.25, 0.3) is 0 Å². The average Bonchev–Trinajstić information content (AvgIpc) is 1.78. The predicted octanol–water partition coefficient (Wildman–Crippen LogP) is 2.57. The van der Waals surface area contributed by atoms with Gasteiger partial charge in [-0.2, -0.15) is 13.2 Å². The third-order valence-corrected chi connectivity index (χ3v) is 1.91. The summed E-state index contributed by atoms with van der Waals surface area (Å²) in [5.74, 6) is 0. The molecule has 74 valence electrons. The Labute approximate surface area is 71.3 Å². The first-order valence-electron chi connectivity index (χ1n) is 3.93. The minimum absolute atomic E-state index is 0.134. The van der Waals surface area contributed by atoms with Crippen molar-refractivity contribution < 1.29 is 13.2 Å². The second kappa shape index (κ2) is 3.64. The van der Waals surface area contributed by atoms with Crippen molar-refractivity contribution in [1.29, 1.82) is 0 Å². The van der Waals surface area contributed by atoms with Crippen molar-refractivity contribution in [2.75, 3.05) is 6.54 Å². The molecule has 12 heavy (non-hydrogen) atoms. The predicted molar refractivity (Wildman–Crippen MR) is 43.0 cm³/mol. The number of alkyl halides is 3. The second-order valence-corrected chi connectivity index (χ2v) is 4.08. The van der Waals surface area contributed by atoms with Crippen molar-refractivity contribution >= 4 is 0 Å². The summed E-state index contributed by atoms with van der Waals surface area (Å²) >= 11 is 0. The van der Waals surface area contributed by atoms with Gasteiger partial charge in [0.05, 0.1) is 6.54 Å². The largest absolute Gasteiger partial charge is 0.401 e. The molecular formula is C8H16F3N. The third kappa shape index (κ3) is 5.41. The number of nitrogens with one attached hydrogen (secondary N) is 1.